The number of aromatic nitrogens is 1. The van der Waals surface area contributed by atoms with Gasteiger partial charge in [-0.05, 0) is 18.8 Å². The van der Waals surface area contributed by atoms with E-state index in [2.05, 4.69) is 10.7 Å². The molecule has 0 aliphatic heterocycles. The summed E-state index contributed by atoms with van der Waals surface area (Å²) in [7, 11) is 0. The van der Waals surface area contributed by atoms with Crippen LogP contribution in [0.15, 0.2) is 5.38 Å². The Balaban J connectivity index is 1.71. The molecule has 0 bridgehead atoms. The minimum Gasteiger partial charge on any atom is -0.392 e. The van der Waals surface area contributed by atoms with Crippen molar-refractivity contribution in [3.05, 3.63) is 16.1 Å². The highest BCUT2D eigenvalue weighted by Crippen LogP contribution is 2.33. The van der Waals surface area contributed by atoms with Crippen LogP contribution in [-0.4, -0.2) is 28.6 Å². The Morgan fingerprint density at radius 1 is 1.41 bits per heavy atom. The number of hydrogen-bond donors (Lipinski definition) is 2. The summed E-state index contributed by atoms with van der Waals surface area (Å²) < 4.78 is 0. The molecule has 1 aromatic rings. The summed E-state index contributed by atoms with van der Waals surface area (Å²) >= 11 is 1.70. The molecule has 0 aromatic carbocycles. The number of nitrogens with zero attached hydrogens (tertiary/aromatic N) is 1. The number of hydrogen-bond acceptors (Lipinski definition) is 4. The van der Waals surface area contributed by atoms with E-state index in [9.17, 15) is 9.90 Å². The van der Waals surface area contributed by atoms with E-state index >= 15 is 0 Å². The summed E-state index contributed by atoms with van der Waals surface area (Å²) in [4.78, 5) is 16.5. The second kappa shape index (κ2) is 8.63. The first-order chi connectivity index (χ1) is 10.6. The van der Waals surface area contributed by atoms with E-state index in [1.54, 1.807) is 11.3 Å². The van der Waals surface area contributed by atoms with E-state index in [-0.39, 0.29) is 18.2 Å². The molecule has 2 N–H and O–H groups in total. The molecule has 22 heavy (non-hydrogen) atoms. The number of amides is 1. The summed E-state index contributed by atoms with van der Waals surface area (Å²) in [5, 5.41) is 15.9. The molecule has 1 saturated carbocycles. The lowest BCUT2D eigenvalue weighted by molar-refractivity contribution is -0.123. The van der Waals surface area contributed by atoms with Crippen molar-refractivity contribution in [2.75, 3.05) is 6.54 Å². The van der Waals surface area contributed by atoms with Crippen molar-refractivity contribution in [1.29, 1.82) is 0 Å². The van der Waals surface area contributed by atoms with Gasteiger partial charge in [-0.15, -0.1) is 11.3 Å². The molecule has 1 aromatic heterocycles. The van der Waals surface area contributed by atoms with Crippen LogP contribution in [0.1, 0.15) is 69.0 Å². The molecule has 1 unspecified atom stereocenters. The topological polar surface area (TPSA) is 62.2 Å². The first kappa shape index (κ1) is 17.4. The van der Waals surface area contributed by atoms with Crippen LogP contribution in [0.25, 0.3) is 0 Å². The number of carbonyl (C=O) groups excluding carboxylic acids is 1. The molecule has 1 fully saturated rings. The second-order valence-electron chi connectivity index (χ2n) is 6.62. The molecule has 1 atom stereocenters. The van der Waals surface area contributed by atoms with Crippen LogP contribution in [0.4, 0.5) is 0 Å². The van der Waals surface area contributed by atoms with E-state index in [1.165, 1.54) is 37.8 Å². The average Bonchev–Trinajstić information content (AvgIpc) is 2.97. The van der Waals surface area contributed by atoms with E-state index in [1.807, 2.05) is 13.8 Å². The zero-order valence-electron chi connectivity index (χ0n) is 13.7. The highest BCUT2D eigenvalue weighted by atomic mass is 32.1. The molecule has 1 heterocycles. The van der Waals surface area contributed by atoms with Gasteiger partial charge in [0, 0.05) is 24.3 Å². The third-order valence-corrected chi connectivity index (χ3v) is 5.34. The van der Waals surface area contributed by atoms with Gasteiger partial charge in [0.15, 0.2) is 0 Å². The van der Waals surface area contributed by atoms with Crippen molar-refractivity contribution in [3.8, 4) is 0 Å². The van der Waals surface area contributed by atoms with Crippen molar-refractivity contribution in [2.45, 2.75) is 70.8 Å². The number of nitrogens with one attached hydrogen (secondary N) is 1. The van der Waals surface area contributed by atoms with Crippen LogP contribution >= 0.6 is 11.3 Å². The van der Waals surface area contributed by atoms with Gasteiger partial charge < -0.3 is 10.4 Å². The predicted octanol–water partition coefficient (Wildman–Crippen LogP) is 3.26. The SMILES string of the molecule is CC(C)C(O)CC(=O)NCCc1nc(C2CCCCC2)cs1. The summed E-state index contributed by atoms with van der Waals surface area (Å²) in [6.07, 6.45) is 6.96. The maximum absolute atomic E-state index is 11.7. The lowest BCUT2D eigenvalue weighted by Gasteiger charge is -2.19. The fraction of sp³-hybridized carbons (Fsp3) is 0.765. The van der Waals surface area contributed by atoms with Crippen LogP contribution in [0, 0.1) is 5.92 Å². The van der Waals surface area contributed by atoms with Crippen molar-refractivity contribution >= 4 is 17.2 Å². The Kier molecular flexibility index (Phi) is 6.83. The van der Waals surface area contributed by atoms with Crippen molar-refractivity contribution in [3.63, 3.8) is 0 Å². The standard InChI is InChI=1S/C17H28N2O2S/c1-12(2)15(20)10-16(21)18-9-8-17-19-14(11-22-17)13-6-4-3-5-7-13/h11-13,15,20H,3-10H2,1-2H3,(H,18,21). The van der Waals surface area contributed by atoms with Crippen molar-refractivity contribution < 1.29 is 9.90 Å². The average molecular weight is 324 g/mol. The highest BCUT2D eigenvalue weighted by Gasteiger charge is 2.18. The molecule has 0 spiro atoms. The molecule has 1 aliphatic rings. The van der Waals surface area contributed by atoms with Gasteiger partial charge >= 0.3 is 0 Å². The third-order valence-electron chi connectivity index (χ3n) is 4.42. The fourth-order valence-corrected chi connectivity index (χ4v) is 3.71. The van der Waals surface area contributed by atoms with Gasteiger partial charge in [0.05, 0.1) is 23.2 Å². The number of rotatable bonds is 7. The smallest absolute Gasteiger partial charge is 0.222 e. The van der Waals surface area contributed by atoms with Gasteiger partial charge in [-0.2, -0.15) is 0 Å². The van der Waals surface area contributed by atoms with Crippen molar-refractivity contribution in [1.82, 2.24) is 10.3 Å². The lowest BCUT2D eigenvalue weighted by atomic mass is 9.87. The van der Waals surface area contributed by atoms with Gasteiger partial charge in [-0.1, -0.05) is 33.1 Å². The zero-order valence-corrected chi connectivity index (χ0v) is 14.5. The van der Waals surface area contributed by atoms with Crippen LogP contribution in [0.3, 0.4) is 0 Å². The summed E-state index contributed by atoms with van der Waals surface area (Å²) in [5.74, 6) is 0.683. The predicted molar refractivity (Wildman–Crippen MR) is 90.1 cm³/mol. The minimum atomic E-state index is -0.558. The molecule has 0 saturated heterocycles. The largest absolute Gasteiger partial charge is 0.392 e. The molecule has 124 valence electrons. The van der Waals surface area contributed by atoms with Crippen LogP contribution < -0.4 is 5.32 Å². The first-order valence-corrected chi connectivity index (χ1v) is 9.33. The molecule has 0 radical (unpaired) electrons. The molecule has 5 heteroatoms. The molecule has 1 aliphatic carbocycles. The van der Waals surface area contributed by atoms with Crippen molar-refractivity contribution in [2.24, 2.45) is 5.92 Å². The Hall–Kier alpha value is -0.940. The van der Waals surface area contributed by atoms with Gasteiger partial charge in [0.25, 0.3) is 0 Å². The maximum Gasteiger partial charge on any atom is 0.222 e. The Morgan fingerprint density at radius 3 is 2.82 bits per heavy atom. The quantitative estimate of drug-likeness (QED) is 0.809. The van der Waals surface area contributed by atoms with Gasteiger partial charge in [-0.3, -0.25) is 4.79 Å². The maximum atomic E-state index is 11.7. The van der Waals surface area contributed by atoms with Gasteiger partial charge in [0.1, 0.15) is 0 Å². The van der Waals surface area contributed by atoms with E-state index in [0.717, 1.165) is 11.4 Å². The second-order valence-corrected chi connectivity index (χ2v) is 7.56. The normalized spacial score (nSPS) is 17.6. The van der Waals surface area contributed by atoms with Gasteiger partial charge in [0.2, 0.25) is 5.91 Å². The minimum absolute atomic E-state index is 0.0785. The Labute approximate surface area is 137 Å². The number of aliphatic hydroxyl groups excluding tert-OH is 1. The van der Waals surface area contributed by atoms with E-state index in [0.29, 0.717) is 12.5 Å². The fourth-order valence-electron chi connectivity index (χ4n) is 2.83. The third kappa shape index (κ3) is 5.36. The number of thiazole rings is 1. The molecular weight excluding hydrogens is 296 g/mol. The highest BCUT2D eigenvalue weighted by molar-refractivity contribution is 7.09. The molecule has 1 amide bonds. The van der Waals surface area contributed by atoms with Gasteiger partial charge in [-0.25, -0.2) is 4.98 Å². The van der Waals surface area contributed by atoms with E-state index < -0.39 is 6.10 Å². The van der Waals surface area contributed by atoms with E-state index in [4.69, 9.17) is 4.98 Å². The summed E-state index contributed by atoms with van der Waals surface area (Å²) in [6.45, 7) is 4.43. The first-order valence-electron chi connectivity index (χ1n) is 8.45. The number of aliphatic hydroxyl groups is 1. The summed E-state index contributed by atoms with van der Waals surface area (Å²) in [5.41, 5.74) is 1.25. The van der Waals surface area contributed by atoms with Crippen LogP contribution in [0.2, 0.25) is 0 Å². The Morgan fingerprint density at radius 2 is 2.14 bits per heavy atom. The Bertz CT molecular complexity index is 467. The summed E-state index contributed by atoms with van der Waals surface area (Å²) in [6, 6.07) is 0. The molecular formula is C17H28N2O2S. The van der Waals surface area contributed by atoms with Crippen LogP contribution in [-0.2, 0) is 11.2 Å². The number of carbonyl (C=O) groups is 1. The van der Waals surface area contributed by atoms with Crippen LogP contribution in [0.5, 0.6) is 0 Å². The molecule has 4 nitrogen and oxygen atoms in total. The zero-order chi connectivity index (χ0) is 15.9. The lowest BCUT2D eigenvalue weighted by Crippen LogP contribution is -2.30. The molecule has 2 rings (SSSR count). The monoisotopic (exact) mass is 324 g/mol.